The van der Waals surface area contributed by atoms with Gasteiger partial charge >= 0.3 is 0 Å². The number of rotatable bonds is 2. The van der Waals surface area contributed by atoms with Crippen molar-refractivity contribution in [2.45, 2.75) is 13.0 Å². The first kappa shape index (κ1) is 12.0. The molecule has 4 rings (SSSR count). The molecule has 0 bridgehead atoms. The minimum absolute atomic E-state index is 0.363. The lowest BCUT2D eigenvalue weighted by molar-refractivity contribution is 0.631. The standard InChI is InChI=1S/C13H14N8/c14-11-10-12(17-6-16-10)21-13(20-11)19-9-2-1-7-5-15-4-3-8(7)18-9/h1-2,6,15H,3-5H2,(H4,14,16,17,18,19,20,21). The number of anilines is 3. The van der Waals surface area contributed by atoms with Gasteiger partial charge in [0.25, 0.3) is 0 Å². The van der Waals surface area contributed by atoms with Gasteiger partial charge in [-0.1, -0.05) is 6.07 Å². The third-order valence-corrected chi connectivity index (χ3v) is 3.48. The van der Waals surface area contributed by atoms with E-state index < -0.39 is 0 Å². The summed E-state index contributed by atoms with van der Waals surface area (Å²) >= 11 is 0. The van der Waals surface area contributed by atoms with Gasteiger partial charge in [-0.3, -0.25) is 0 Å². The van der Waals surface area contributed by atoms with Crippen molar-refractivity contribution in [1.29, 1.82) is 0 Å². The van der Waals surface area contributed by atoms with Crippen molar-refractivity contribution in [1.82, 2.24) is 30.2 Å². The van der Waals surface area contributed by atoms with Crippen LogP contribution in [0.5, 0.6) is 0 Å². The summed E-state index contributed by atoms with van der Waals surface area (Å²) in [5.41, 5.74) is 9.39. The molecule has 5 N–H and O–H groups in total. The van der Waals surface area contributed by atoms with Crippen LogP contribution in [0.3, 0.4) is 0 Å². The van der Waals surface area contributed by atoms with Gasteiger partial charge in [0.2, 0.25) is 5.95 Å². The molecule has 0 saturated heterocycles. The number of aromatic amines is 1. The van der Waals surface area contributed by atoms with E-state index in [0.29, 0.717) is 28.7 Å². The zero-order valence-electron chi connectivity index (χ0n) is 11.2. The quantitative estimate of drug-likeness (QED) is 0.547. The van der Waals surface area contributed by atoms with E-state index in [4.69, 9.17) is 5.73 Å². The van der Waals surface area contributed by atoms with Crippen molar-refractivity contribution in [2.24, 2.45) is 0 Å². The molecule has 8 heteroatoms. The summed E-state index contributed by atoms with van der Waals surface area (Å²) in [5.74, 6) is 1.47. The minimum atomic E-state index is 0.363. The lowest BCUT2D eigenvalue weighted by Gasteiger charge is -2.16. The zero-order chi connectivity index (χ0) is 14.2. The van der Waals surface area contributed by atoms with E-state index in [1.54, 1.807) is 6.33 Å². The second kappa shape index (κ2) is 4.67. The molecule has 0 amide bonds. The van der Waals surface area contributed by atoms with Gasteiger partial charge in [0.05, 0.1) is 6.33 Å². The Morgan fingerprint density at radius 2 is 2.14 bits per heavy atom. The Bertz CT molecular complexity index is 809. The zero-order valence-corrected chi connectivity index (χ0v) is 11.2. The topological polar surface area (TPSA) is 117 Å². The second-order valence-electron chi connectivity index (χ2n) is 4.89. The highest BCUT2D eigenvalue weighted by atomic mass is 15.2. The molecule has 0 saturated carbocycles. The maximum absolute atomic E-state index is 5.87. The van der Waals surface area contributed by atoms with Crippen LogP contribution >= 0.6 is 0 Å². The monoisotopic (exact) mass is 282 g/mol. The first-order valence-corrected chi connectivity index (χ1v) is 6.73. The van der Waals surface area contributed by atoms with Gasteiger partial charge in [0, 0.05) is 25.2 Å². The number of hydrogen-bond acceptors (Lipinski definition) is 7. The largest absolute Gasteiger partial charge is 0.382 e. The van der Waals surface area contributed by atoms with E-state index >= 15 is 0 Å². The van der Waals surface area contributed by atoms with Crippen molar-refractivity contribution in [3.05, 3.63) is 29.7 Å². The maximum Gasteiger partial charge on any atom is 0.232 e. The molecule has 0 fully saturated rings. The van der Waals surface area contributed by atoms with Gasteiger partial charge in [-0.2, -0.15) is 9.97 Å². The highest BCUT2D eigenvalue weighted by Gasteiger charge is 2.12. The van der Waals surface area contributed by atoms with Gasteiger partial charge in [0.1, 0.15) is 11.3 Å². The minimum Gasteiger partial charge on any atom is -0.382 e. The van der Waals surface area contributed by atoms with Crippen LogP contribution in [-0.4, -0.2) is 31.5 Å². The second-order valence-corrected chi connectivity index (χ2v) is 4.89. The van der Waals surface area contributed by atoms with Crippen LogP contribution < -0.4 is 16.4 Å². The van der Waals surface area contributed by atoms with E-state index in [9.17, 15) is 0 Å². The number of H-pyrrole nitrogens is 1. The highest BCUT2D eigenvalue weighted by molar-refractivity contribution is 5.82. The van der Waals surface area contributed by atoms with Gasteiger partial charge in [-0.15, -0.1) is 0 Å². The molecule has 0 aliphatic carbocycles. The van der Waals surface area contributed by atoms with Crippen LogP contribution in [0.4, 0.5) is 17.6 Å². The molecule has 0 atom stereocenters. The van der Waals surface area contributed by atoms with E-state index in [2.05, 4.69) is 41.6 Å². The Morgan fingerprint density at radius 1 is 1.19 bits per heavy atom. The molecular formula is C13H14N8. The number of nitrogens with zero attached hydrogens (tertiary/aromatic N) is 4. The number of nitrogens with one attached hydrogen (secondary N) is 3. The van der Waals surface area contributed by atoms with Crippen molar-refractivity contribution in [3.8, 4) is 0 Å². The Hall–Kier alpha value is -2.74. The Morgan fingerprint density at radius 3 is 3.10 bits per heavy atom. The molecule has 0 unspecified atom stereocenters. The predicted octanol–water partition coefficient (Wildman–Crippen LogP) is 0.719. The SMILES string of the molecule is Nc1nc(Nc2ccc3c(n2)CCNC3)nc2nc[nH]c12. The van der Waals surface area contributed by atoms with E-state index in [0.717, 1.165) is 25.2 Å². The van der Waals surface area contributed by atoms with Crippen LogP contribution in [0, 0.1) is 0 Å². The number of hydrogen-bond donors (Lipinski definition) is 4. The number of imidazole rings is 1. The number of nitrogen functional groups attached to an aromatic ring is 1. The van der Waals surface area contributed by atoms with Crippen LogP contribution in [0.25, 0.3) is 11.2 Å². The summed E-state index contributed by atoms with van der Waals surface area (Å²) in [6, 6.07) is 3.98. The first-order valence-electron chi connectivity index (χ1n) is 6.73. The molecule has 3 aromatic rings. The molecule has 1 aliphatic rings. The van der Waals surface area contributed by atoms with Crippen molar-refractivity contribution < 1.29 is 0 Å². The summed E-state index contributed by atoms with van der Waals surface area (Å²) in [7, 11) is 0. The fraction of sp³-hybridized carbons (Fsp3) is 0.231. The molecule has 21 heavy (non-hydrogen) atoms. The fourth-order valence-corrected chi connectivity index (χ4v) is 2.43. The predicted molar refractivity (Wildman–Crippen MR) is 79.0 cm³/mol. The van der Waals surface area contributed by atoms with E-state index in [1.807, 2.05) is 6.07 Å². The molecule has 106 valence electrons. The van der Waals surface area contributed by atoms with Crippen LogP contribution in [0.15, 0.2) is 18.5 Å². The number of fused-ring (bicyclic) bond motifs is 2. The van der Waals surface area contributed by atoms with Crippen molar-refractivity contribution in [2.75, 3.05) is 17.6 Å². The lowest BCUT2D eigenvalue weighted by atomic mass is 10.1. The fourth-order valence-electron chi connectivity index (χ4n) is 2.43. The third kappa shape index (κ3) is 2.15. The maximum atomic E-state index is 5.87. The molecule has 3 aromatic heterocycles. The van der Waals surface area contributed by atoms with Gasteiger partial charge in [-0.25, -0.2) is 9.97 Å². The molecule has 0 spiro atoms. The van der Waals surface area contributed by atoms with Crippen LogP contribution in [-0.2, 0) is 13.0 Å². The normalized spacial score (nSPS) is 14.1. The molecule has 0 radical (unpaired) electrons. The first-order chi connectivity index (χ1) is 10.3. The summed E-state index contributed by atoms with van der Waals surface area (Å²) in [5, 5.41) is 6.41. The Kier molecular flexibility index (Phi) is 2.68. The summed E-state index contributed by atoms with van der Waals surface area (Å²) in [6.45, 7) is 1.82. The number of pyridine rings is 1. The molecule has 4 heterocycles. The summed E-state index contributed by atoms with van der Waals surface area (Å²) in [6.07, 6.45) is 2.47. The average molecular weight is 282 g/mol. The van der Waals surface area contributed by atoms with Crippen LogP contribution in [0.2, 0.25) is 0 Å². The summed E-state index contributed by atoms with van der Waals surface area (Å²) < 4.78 is 0. The highest BCUT2D eigenvalue weighted by Crippen LogP contribution is 2.20. The number of aromatic nitrogens is 5. The summed E-state index contributed by atoms with van der Waals surface area (Å²) in [4.78, 5) is 20.1. The lowest BCUT2D eigenvalue weighted by Crippen LogP contribution is -2.24. The van der Waals surface area contributed by atoms with Crippen molar-refractivity contribution in [3.63, 3.8) is 0 Å². The molecule has 0 aromatic carbocycles. The number of nitrogens with two attached hydrogens (primary N) is 1. The molecular weight excluding hydrogens is 268 g/mol. The van der Waals surface area contributed by atoms with E-state index in [-0.39, 0.29) is 0 Å². The smallest absolute Gasteiger partial charge is 0.232 e. The van der Waals surface area contributed by atoms with Crippen LogP contribution in [0.1, 0.15) is 11.3 Å². The van der Waals surface area contributed by atoms with Gasteiger partial charge in [-0.05, 0) is 11.6 Å². The van der Waals surface area contributed by atoms with Gasteiger partial charge < -0.3 is 21.4 Å². The van der Waals surface area contributed by atoms with Gasteiger partial charge in [0.15, 0.2) is 11.5 Å². The van der Waals surface area contributed by atoms with Crippen molar-refractivity contribution >= 4 is 28.7 Å². The average Bonchev–Trinajstić information content (AvgIpc) is 2.96. The van der Waals surface area contributed by atoms with E-state index in [1.165, 1.54) is 5.56 Å². The molecule has 8 nitrogen and oxygen atoms in total. The Labute approximate surface area is 120 Å². The Balaban J connectivity index is 1.67. The molecule has 1 aliphatic heterocycles. The third-order valence-electron chi connectivity index (χ3n) is 3.48.